The molecule has 4 nitrogen and oxygen atoms in total. The average molecular weight is 417 g/mol. The number of benzene rings is 3. The summed E-state index contributed by atoms with van der Waals surface area (Å²) in [5.74, 6) is 0.0449. The summed E-state index contributed by atoms with van der Waals surface area (Å²) in [6.45, 7) is 4.54. The Kier molecular flexibility index (Phi) is 7.88. The number of allylic oxidation sites excluding steroid dienone is 1. The van der Waals surface area contributed by atoms with Crippen molar-refractivity contribution >= 4 is 11.5 Å². The molecule has 0 radical (unpaired) electrons. The number of hydrogen-bond acceptors (Lipinski definition) is 3. The molecule has 1 N–H and O–H groups in total. The minimum Gasteiger partial charge on any atom is -0.493 e. The first-order valence-corrected chi connectivity index (χ1v) is 10.5. The van der Waals surface area contributed by atoms with Gasteiger partial charge in [-0.3, -0.25) is 4.79 Å². The Morgan fingerprint density at radius 2 is 1.45 bits per heavy atom. The van der Waals surface area contributed by atoms with Gasteiger partial charge < -0.3 is 14.6 Å². The summed E-state index contributed by atoms with van der Waals surface area (Å²) in [5, 5.41) is 9.08. The van der Waals surface area contributed by atoms with E-state index in [1.807, 2.05) is 37.3 Å². The number of carboxylic acid groups (broad SMARTS) is 1. The molecule has 160 valence electrons. The predicted molar refractivity (Wildman–Crippen MR) is 124 cm³/mol. The quantitative estimate of drug-likeness (QED) is 0.420. The van der Waals surface area contributed by atoms with Crippen molar-refractivity contribution < 1.29 is 19.4 Å². The molecule has 0 bridgehead atoms. The maximum Gasteiger partial charge on any atom is 0.309 e. The average Bonchev–Trinajstić information content (AvgIpc) is 2.81. The van der Waals surface area contributed by atoms with Crippen LogP contribution < -0.4 is 9.47 Å². The fourth-order valence-electron chi connectivity index (χ4n) is 3.13. The van der Waals surface area contributed by atoms with E-state index in [9.17, 15) is 4.79 Å². The van der Waals surface area contributed by atoms with E-state index in [2.05, 4.69) is 49.4 Å². The second kappa shape index (κ2) is 11.0. The van der Waals surface area contributed by atoms with Gasteiger partial charge in [0, 0.05) is 0 Å². The van der Waals surface area contributed by atoms with E-state index in [-0.39, 0.29) is 6.61 Å². The predicted octanol–water partition coefficient (Wildman–Crippen LogP) is 6.33. The second-order valence-electron chi connectivity index (χ2n) is 7.37. The van der Waals surface area contributed by atoms with Crippen molar-refractivity contribution in [2.24, 2.45) is 5.92 Å². The van der Waals surface area contributed by atoms with Gasteiger partial charge >= 0.3 is 5.97 Å². The Morgan fingerprint density at radius 1 is 0.871 bits per heavy atom. The lowest BCUT2D eigenvalue weighted by molar-refractivity contribution is -0.142. The summed E-state index contributed by atoms with van der Waals surface area (Å²) in [4.78, 5) is 11.1. The van der Waals surface area contributed by atoms with Gasteiger partial charge in [0.2, 0.25) is 0 Å². The molecule has 4 heteroatoms. The van der Waals surface area contributed by atoms with Crippen LogP contribution in [0.3, 0.4) is 0 Å². The van der Waals surface area contributed by atoms with Crippen molar-refractivity contribution in [1.29, 1.82) is 0 Å². The molecule has 0 saturated carbocycles. The van der Waals surface area contributed by atoms with Crippen LogP contribution in [0, 0.1) is 5.92 Å². The zero-order valence-electron chi connectivity index (χ0n) is 18.0. The zero-order chi connectivity index (χ0) is 22.1. The number of carboxylic acids is 1. The Hall–Kier alpha value is -3.53. The summed E-state index contributed by atoms with van der Waals surface area (Å²) >= 11 is 0. The van der Waals surface area contributed by atoms with Gasteiger partial charge in [0.15, 0.2) is 0 Å². The Balaban J connectivity index is 1.51. The molecular formula is C27H28O4. The Bertz CT molecular complexity index is 990. The van der Waals surface area contributed by atoms with Crippen LogP contribution in [0.2, 0.25) is 0 Å². The largest absolute Gasteiger partial charge is 0.493 e. The lowest BCUT2D eigenvalue weighted by atomic mass is 10.0. The van der Waals surface area contributed by atoms with Gasteiger partial charge in [-0.25, -0.2) is 0 Å². The van der Waals surface area contributed by atoms with Gasteiger partial charge in [0.1, 0.15) is 24.7 Å². The molecule has 0 aliphatic rings. The summed E-state index contributed by atoms with van der Waals surface area (Å²) in [6.07, 6.45) is 2.60. The van der Waals surface area contributed by atoms with Crippen molar-refractivity contribution in [2.75, 3.05) is 13.2 Å². The molecule has 3 aromatic carbocycles. The molecule has 3 aromatic rings. The maximum atomic E-state index is 11.1. The Morgan fingerprint density at radius 3 is 2.03 bits per heavy atom. The minimum absolute atomic E-state index is 0.164. The minimum atomic E-state index is -0.834. The van der Waals surface area contributed by atoms with Crippen LogP contribution in [0.4, 0.5) is 0 Å². The molecule has 0 aromatic heterocycles. The first-order chi connectivity index (χ1) is 15.1. The molecule has 0 spiro atoms. The number of carbonyl (C=O) groups is 1. The van der Waals surface area contributed by atoms with E-state index in [0.29, 0.717) is 18.8 Å². The summed E-state index contributed by atoms with van der Waals surface area (Å²) < 4.78 is 11.4. The van der Waals surface area contributed by atoms with E-state index in [1.165, 1.54) is 11.1 Å². The molecular weight excluding hydrogens is 388 g/mol. The lowest BCUT2D eigenvalue weighted by Crippen LogP contribution is -2.20. The van der Waals surface area contributed by atoms with E-state index >= 15 is 0 Å². The van der Waals surface area contributed by atoms with Gasteiger partial charge in [0.25, 0.3) is 0 Å². The normalized spacial score (nSPS) is 12.3. The molecule has 0 heterocycles. The number of rotatable bonds is 10. The first kappa shape index (κ1) is 22.2. The van der Waals surface area contributed by atoms with E-state index in [1.54, 1.807) is 12.1 Å². The van der Waals surface area contributed by atoms with Gasteiger partial charge in [-0.1, -0.05) is 61.5 Å². The molecule has 0 aliphatic carbocycles. The zero-order valence-corrected chi connectivity index (χ0v) is 18.0. The summed E-state index contributed by atoms with van der Waals surface area (Å²) in [6, 6.07) is 26.1. The standard InChI is InChI=1S/C27H28O4/c1-3-21(27(28)29)19-31-26-15-13-25(14-16-26)30-18-17-20(2)22-9-11-24(12-10-22)23-7-5-4-6-8-23/h4-17,21H,3,18-19H2,1-2H3,(H,28,29)/b20-17+/t21-/m1/s1. The summed E-state index contributed by atoms with van der Waals surface area (Å²) in [7, 11) is 0. The van der Waals surface area contributed by atoms with Crippen molar-refractivity contribution in [1.82, 2.24) is 0 Å². The van der Waals surface area contributed by atoms with Crippen LogP contribution in [-0.4, -0.2) is 24.3 Å². The third-order valence-corrected chi connectivity index (χ3v) is 5.20. The highest BCUT2D eigenvalue weighted by atomic mass is 16.5. The monoisotopic (exact) mass is 416 g/mol. The molecule has 0 unspecified atom stereocenters. The first-order valence-electron chi connectivity index (χ1n) is 10.5. The molecule has 1 atom stereocenters. The number of hydrogen-bond donors (Lipinski definition) is 1. The summed E-state index contributed by atoms with van der Waals surface area (Å²) in [5.41, 5.74) is 4.72. The molecule has 0 fully saturated rings. The van der Waals surface area contributed by atoms with Gasteiger partial charge in [-0.15, -0.1) is 0 Å². The second-order valence-corrected chi connectivity index (χ2v) is 7.37. The third-order valence-electron chi connectivity index (χ3n) is 5.20. The fourth-order valence-corrected chi connectivity index (χ4v) is 3.13. The van der Waals surface area contributed by atoms with Crippen LogP contribution in [0.5, 0.6) is 11.5 Å². The highest BCUT2D eigenvalue weighted by Gasteiger charge is 2.15. The number of aliphatic carboxylic acids is 1. The maximum absolute atomic E-state index is 11.1. The van der Waals surface area contributed by atoms with Crippen LogP contribution in [-0.2, 0) is 4.79 Å². The molecule has 3 rings (SSSR count). The van der Waals surface area contributed by atoms with Gasteiger partial charge in [-0.2, -0.15) is 0 Å². The molecule has 0 saturated heterocycles. The van der Waals surface area contributed by atoms with Gasteiger partial charge in [-0.05, 0) is 65.9 Å². The van der Waals surface area contributed by atoms with Gasteiger partial charge in [0.05, 0.1) is 5.92 Å². The highest BCUT2D eigenvalue weighted by Crippen LogP contribution is 2.23. The Labute approximate surface area is 183 Å². The van der Waals surface area contributed by atoms with E-state index < -0.39 is 11.9 Å². The SMILES string of the molecule is CC[C@H](COc1ccc(OC/C=C(\C)c2ccc(-c3ccccc3)cc2)cc1)C(=O)O. The number of ether oxygens (including phenoxy) is 2. The van der Waals surface area contributed by atoms with Crippen LogP contribution in [0.1, 0.15) is 25.8 Å². The third kappa shape index (κ3) is 6.48. The topological polar surface area (TPSA) is 55.8 Å². The van der Waals surface area contributed by atoms with Crippen molar-refractivity contribution in [2.45, 2.75) is 20.3 Å². The molecule has 31 heavy (non-hydrogen) atoms. The van der Waals surface area contributed by atoms with E-state index in [4.69, 9.17) is 14.6 Å². The fraction of sp³-hybridized carbons (Fsp3) is 0.222. The highest BCUT2D eigenvalue weighted by molar-refractivity contribution is 5.70. The van der Waals surface area contributed by atoms with Crippen LogP contribution in [0.25, 0.3) is 16.7 Å². The van der Waals surface area contributed by atoms with Crippen LogP contribution >= 0.6 is 0 Å². The van der Waals surface area contributed by atoms with Crippen molar-refractivity contribution in [3.05, 3.63) is 90.5 Å². The van der Waals surface area contributed by atoms with Crippen molar-refractivity contribution in [3.63, 3.8) is 0 Å². The lowest BCUT2D eigenvalue weighted by Gasteiger charge is -2.12. The molecule has 0 amide bonds. The van der Waals surface area contributed by atoms with E-state index in [0.717, 1.165) is 16.9 Å². The smallest absolute Gasteiger partial charge is 0.309 e. The van der Waals surface area contributed by atoms with Crippen LogP contribution in [0.15, 0.2) is 84.9 Å². The molecule has 0 aliphatic heterocycles. The van der Waals surface area contributed by atoms with Crippen molar-refractivity contribution in [3.8, 4) is 22.6 Å².